The summed E-state index contributed by atoms with van der Waals surface area (Å²) in [5.74, 6) is -2.16. The fraction of sp³-hybridized carbons (Fsp3) is 0.154. The lowest BCUT2D eigenvalue weighted by atomic mass is 10.0. The summed E-state index contributed by atoms with van der Waals surface area (Å²) in [4.78, 5) is 51.8. The molecule has 3 aromatic rings. The minimum absolute atomic E-state index is 0.0457. The number of imide groups is 1. The monoisotopic (exact) mass is 600 g/mol. The third-order valence-electron chi connectivity index (χ3n) is 5.61. The van der Waals surface area contributed by atoms with Crippen molar-refractivity contribution in [2.45, 2.75) is 25.4 Å². The first-order valence-electron chi connectivity index (χ1n) is 11.0. The van der Waals surface area contributed by atoms with Crippen molar-refractivity contribution in [3.63, 3.8) is 0 Å². The van der Waals surface area contributed by atoms with Gasteiger partial charge in [-0.05, 0) is 64.0 Å². The molecule has 0 aromatic heterocycles. The van der Waals surface area contributed by atoms with Gasteiger partial charge in [0.25, 0.3) is 5.91 Å². The molecule has 5 amide bonds. The maximum atomic E-state index is 14.4. The number of nitrogens with one attached hydrogen (secondary N) is 3. The van der Waals surface area contributed by atoms with Crippen molar-refractivity contribution < 1.29 is 23.6 Å². The summed E-state index contributed by atoms with van der Waals surface area (Å²) >= 11 is 1.96. The SMILES string of the molecule is CC(=O)Nc1ccc(C2NC(=O)N(C(Cc3ccccc3)C(=O)Nc3ccc(I)cc3F)C2=O)cc1. The van der Waals surface area contributed by atoms with Crippen molar-refractivity contribution in [3.8, 4) is 0 Å². The minimum Gasteiger partial charge on any atom is -0.326 e. The normalized spacial score (nSPS) is 15.9. The zero-order chi connectivity index (χ0) is 25.8. The van der Waals surface area contributed by atoms with E-state index in [2.05, 4.69) is 16.0 Å². The van der Waals surface area contributed by atoms with Gasteiger partial charge in [-0.2, -0.15) is 0 Å². The van der Waals surface area contributed by atoms with E-state index >= 15 is 0 Å². The Morgan fingerprint density at radius 3 is 2.36 bits per heavy atom. The Bertz CT molecular complexity index is 1320. The molecule has 0 bridgehead atoms. The molecule has 0 aliphatic carbocycles. The highest BCUT2D eigenvalue weighted by Crippen LogP contribution is 2.27. The fourth-order valence-electron chi connectivity index (χ4n) is 3.92. The van der Waals surface area contributed by atoms with Crippen LogP contribution >= 0.6 is 22.6 Å². The van der Waals surface area contributed by atoms with Crippen LogP contribution < -0.4 is 16.0 Å². The van der Waals surface area contributed by atoms with Crippen LogP contribution in [0, 0.1) is 9.39 Å². The summed E-state index contributed by atoms with van der Waals surface area (Å²) in [7, 11) is 0. The second-order valence-corrected chi connectivity index (χ2v) is 9.46. The lowest BCUT2D eigenvalue weighted by molar-refractivity contribution is -0.134. The van der Waals surface area contributed by atoms with Gasteiger partial charge < -0.3 is 16.0 Å². The van der Waals surface area contributed by atoms with Gasteiger partial charge in [0.15, 0.2) is 0 Å². The highest BCUT2D eigenvalue weighted by molar-refractivity contribution is 14.1. The van der Waals surface area contributed by atoms with E-state index in [9.17, 15) is 23.6 Å². The van der Waals surface area contributed by atoms with Gasteiger partial charge >= 0.3 is 6.03 Å². The largest absolute Gasteiger partial charge is 0.326 e. The Morgan fingerprint density at radius 2 is 1.72 bits per heavy atom. The summed E-state index contributed by atoms with van der Waals surface area (Å²) in [6, 6.07) is 16.8. The molecule has 0 radical (unpaired) electrons. The number of hydrogen-bond donors (Lipinski definition) is 3. The van der Waals surface area contributed by atoms with E-state index in [-0.39, 0.29) is 18.0 Å². The molecule has 1 aliphatic rings. The van der Waals surface area contributed by atoms with E-state index in [1.54, 1.807) is 54.6 Å². The standard InChI is InChI=1S/C26H22FIN4O4/c1-15(33)29-19-10-7-17(8-11-19)23-25(35)32(26(36)31-23)22(13-16-5-3-2-4-6-16)24(34)30-21-12-9-18(28)14-20(21)27/h2-12,14,22-23H,13H2,1H3,(H,29,33)(H,30,34)(H,31,36). The molecule has 3 aromatic carbocycles. The number of carbonyl (C=O) groups is 4. The third kappa shape index (κ3) is 5.70. The van der Waals surface area contributed by atoms with E-state index in [0.717, 1.165) is 10.5 Å². The number of urea groups is 1. The Labute approximate surface area is 220 Å². The van der Waals surface area contributed by atoms with Crippen LogP contribution in [0.15, 0.2) is 72.8 Å². The average molecular weight is 600 g/mol. The molecular formula is C26H22FIN4O4. The molecule has 3 N–H and O–H groups in total. The third-order valence-corrected chi connectivity index (χ3v) is 6.28. The summed E-state index contributed by atoms with van der Waals surface area (Å²) in [5.41, 5.74) is 1.72. The van der Waals surface area contributed by atoms with Gasteiger partial charge in [0, 0.05) is 22.6 Å². The van der Waals surface area contributed by atoms with Crippen LogP contribution in [0.1, 0.15) is 24.1 Å². The quantitative estimate of drug-likeness (QED) is 0.279. The number of carbonyl (C=O) groups excluding carboxylic acids is 4. The van der Waals surface area contributed by atoms with Gasteiger partial charge in [0.1, 0.15) is 17.9 Å². The number of benzene rings is 3. The lowest BCUT2D eigenvalue weighted by Gasteiger charge is -2.25. The zero-order valence-electron chi connectivity index (χ0n) is 19.1. The summed E-state index contributed by atoms with van der Waals surface area (Å²) in [6.07, 6.45) is 0.0476. The van der Waals surface area contributed by atoms with Crippen molar-refractivity contribution >= 4 is 57.7 Å². The van der Waals surface area contributed by atoms with E-state index in [0.29, 0.717) is 14.8 Å². The Kier molecular flexibility index (Phi) is 7.63. The van der Waals surface area contributed by atoms with Gasteiger partial charge in [-0.15, -0.1) is 0 Å². The molecule has 184 valence electrons. The van der Waals surface area contributed by atoms with Crippen molar-refractivity contribution in [3.05, 3.63) is 93.3 Å². The molecule has 2 atom stereocenters. The first-order valence-corrected chi connectivity index (χ1v) is 12.1. The molecule has 2 unspecified atom stereocenters. The van der Waals surface area contributed by atoms with Crippen molar-refractivity contribution in [2.24, 2.45) is 0 Å². The van der Waals surface area contributed by atoms with E-state index in [4.69, 9.17) is 0 Å². The lowest BCUT2D eigenvalue weighted by Crippen LogP contribution is -2.49. The first-order chi connectivity index (χ1) is 17.2. The molecule has 0 saturated carbocycles. The number of rotatable bonds is 7. The van der Waals surface area contributed by atoms with E-state index < -0.39 is 35.7 Å². The van der Waals surface area contributed by atoms with Crippen LogP contribution in [0.4, 0.5) is 20.6 Å². The van der Waals surface area contributed by atoms with Crippen molar-refractivity contribution in [1.82, 2.24) is 10.2 Å². The Hall–Kier alpha value is -3.80. The van der Waals surface area contributed by atoms with Gasteiger partial charge in [-0.3, -0.25) is 14.4 Å². The van der Waals surface area contributed by atoms with Gasteiger partial charge in [-0.25, -0.2) is 14.1 Å². The van der Waals surface area contributed by atoms with E-state index in [1.165, 1.54) is 19.1 Å². The predicted molar refractivity (Wildman–Crippen MR) is 141 cm³/mol. The predicted octanol–water partition coefficient (Wildman–Crippen LogP) is 4.23. The Morgan fingerprint density at radius 1 is 1.03 bits per heavy atom. The van der Waals surface area contributed by atoms with Crippen LogP contribution in [0.25, 0.3) is 0 Å². The average Bonchev–Trinajstić information content (AvgIpc) is 3.13. The van der Waals surface area contributed by atoms with Crippen LogP contribution in [0.2, 0.25) is 0 Å². The number of hydrogen-bond acceptors (Lipinski definition) is 4. The topological polar surface area (TPSA) is 108 Å². The van der Waals surface area contributed by atoms with Crippen LogP contribution in [0.3, 0.4) is 0 Å². The summed E-state index contributed by atoms with van der Waals surface area (Å²) in [5, 5.41) is 7.79. The molecular weight excluding hydrogens is 578 g/mol. The summed E-state index contributed by atoms with van der Waals surface area (Å²) < 4.78 is 15.1. The highest BCUT2D eigenvalue weighted by Gasteiger charge is 2.45. The van der Waals surface area contributed by atoms with Crippen molar-refractivity contribution in [1.29, 1.82) is 0 Å². The molecule has 1 saturated heterocycles. The van der Waals surface area contributed by atoms with Crippen LogP contribution in [-0.4, -0.2) is 34.7 Å². The number of anilines is 2. The zero-order valence-corrected chi connectivity index (χ0v) is 21.3. The second kappa shape index (κ2) is 10.9. The molecule has 1 aliphatic heterocycles. The second-order valence-electron chi connectivity index (χ2n) is 8.21. The highest BCUT2D eigenvalue weighted by atomic mass is 127. The van der Waals surface area contributed by atoms with E-state index in [1.807, 2.05) is 28.7 Å². The molecule has 1 heterocycles. The minimum atomic E-state index is -1.22. The van der Waals surface area contributed by atoms with Crippen molar-refractivity contribution in [2.75, 3.05) is 10.6 Å². The number of halogens is 2. The van der Waals surface area contributed by atoms with Gasteiger partial charge in [-0.1, -0.05) is 42.5 Å². The van der Waals surface area contributed by atoms with Gasteiger partial charge in [0.2, 0.25) is 11.8 Å². The molecule has 36 heavy (non-hydrogen) atoms. The van der Waals surface area contributed by atoms with Crippen LogP contribution in [0.5, 0.6) is 0 Å². The molecule has 4 rings (SSSR count). The molecule has 10 heteroatoms. The molecule has 8 nitrogen and oxygen atoms in total. The number of amides is 5. The molecule has 1 fully saturated rings. The molecule has 0 spiro atoms. The maximum absolute atomic E-state index is 14.4. The fourth-order valence-corrected chi connectivity index (χ4v) is 4.38. The summed E-state index contributed by atoms with van der Waals surface area (Å²) in [6.45, 7) is 1.38. The first kappa shape index (κ1) is 25.3. The van der Waals surface area contributed by atoms with Gasteiger partial charge in [0.05, 0.1) is 5.69 Å². The number of nitrogens with zero attached hydrogens (tertiary/aromatic N) is 1. The maximum Gasteiger partial charge on any atom is 0.325 e. The Balaban J connectivity index is 1.61. The van der Waals surface area contributed by atoms with Crippen LogP contribution in [-0.2, 0) is 20.8 Å². The smallest absolute Gasteiger partial charge is 0.325 e.